The van der Waals surface area contributed by atoms with Gasteiger partial charge < -0.3 is 14.7 Å². The molecule has 1 aliphatic carbocycles. The molecule has 0 spiro atoms. The maximum atomic E-state index is 12.3. The summed E-state index contributed by atoms with van der Waals surface area (Å²) >= 11 is 6.00. The van der Waals surface area contributed by atoms with E-state index in [9.17, 15) is 4.79 Å². The van der Waals surface area contributed by atoms with E-state index in [0.717, 1.165) is 12.8 Å². The summed E-state index contributed by atoms with van der Waals surface area (Å²) in [6.45, 7) is 2.04. The number of benzene rings is 1. The average Bonchev–Trinajstić information content (AvgIpc) is 3.22. The number of hydrogen-bond acceptors (Lipinski definition) is 3. The highest BCUT2D eigenvalue weighted by Gasteiger charge is 2.34. The molecule has 0 aromatic heterocycles. The van der Waals surface area contributed by atoms with Crippen molar-refractivity contribution in [1.29, 1.82) is 0 Å². The molecule has 0 bridgehead atoms. The van der Waals surface area contributed by atoms with Gasteiger partial charge in [-0.05, 0) is 31.9 Å². The Bertz CT molecular complexity index is 448. The van der Waals surface area contributed by atoms with Crippen LogP contribution in [0.3, 0.4) is 0 Å². The summed E-state index contributed by atoms with van der Waals surface area (Å²) in [4.78, 5) is 14.0. The number of nitrogens with zero attached hydrogens (tertiary/aromatic N) is 1. The zero-order valence-corrected chi connectivity index (χ0v) is 11.6. The molecule has 0 heterocycles. The average molecular weight is 284 g/mol. The Balaban J connectivity index is 2.00. The standard InChI is InChI=1S/C14H18ClNO3/c1-10(19-13-5-3-2-4-12(13)15)14(18)16(8-9-17)11-6-7-11/h2-5,10-11,17H,6-9H2,1H3. The Morgan fingerprint density at radius 1 is 1.53 bits per heavy atom. The van der Waals surface area contributed by atoms with Gasteiger partial charge in [0.2, 0.25) is 0 Å². The van der Waals surface area contributed by atoms with E-state index in [-0.39, 0.29) is 18.6 Å². The molecule has 1 N–H and O–H groups in total. The van der Waals surface area contributed by atoms with E-state index >= 15 is 0 Å². The van der Waals surface area contributed by atoms with Gasteiger partial charge >= 0.3 is 0 Å². The Hall–Kier alpha value is -1.26. The minimum Gasteiger partial charge on any atom is -0.479 e. The molecule has 0 aliphatic heterocycles. The van der Waals surface area contributed by atoms with Crippen LogP contribution in [0.1, 0.15) is 19.8 Å². The summed E-state index contributed by atoms with van der Waals surface area (Å²) in [6, 6.07) is 7.34. The van der Waals surface area contributed by atoms with Crippen molar-refractivity contribution in [1.82, 2.24) is 4.90 Å². The molecule has 104 valence electrons. The van der Waals surface area contributed by atoms with Crippen molar-refractivity contribution in [2.45, 2.75) is 31.9 Å². The Morgan fingerprint density at radius 2 is 2.21 bits per heavy atom. The topological polar surface area (TPSA) is 49.8 Å². The number of aliphatic hydroxyl groups is 1. The number of rotatable bonds is 6. The molecule has 1 aliphatic rings. The van der Waals surface area contributed by atoms with Crippen LogP contribution < -0.4 is 4.74 Å². The molecule has 1 atom stereocenters. The van der Waals surface area contributed by atoms with E-state index in [2.05, 4.69) is 0 Å². The molecule has 1 fully saturated rings. The predicted octanol–water partition coefficient (Wildman–Crippen LogP) is 2.09. The minimum atomic E-state index is -0.605. The number of carbonyl (C=O) groups is 1. The summed E-state index contributed by atoms with van der Waals surface area (Å²) in [5, 5.41) is 9.51. The van der Waals surface area contributed by atoms with Crippen molar-refractivity contribution >= 4 is 17.5 Å². The summed E-state index contributed by atoms with van der Waals surface area (Å²) in [7, 11) is 0. The normalized spacial score (nSPS) is 15.9. The molecule has 5 heteroatoms. The molecule has 1 aromatic rings. The third kappa shape index (κ3) is 3.61. The molecule has 1 amide bonds. The fourth-order valence-electron chi connectivity index (χ4n) is 1.98. The Kier molecular flexibility index (Phi) is 4.66. The monoisotopic (exact) mass is 283 g/mol. The molecule has 4 nitrogen and oxygen atoms in total. The van der Waals surface area contributed by atoms with Crippen LogP contribution in [0.5, 0.6) is 5.75 Å². The lowest BCUT2D eigenvalue weighted by Crippen LogP contribution is -2.43. The first-order chi connectivity index (χ1) is 9.13. The number of halogens is 1. The van der Waals surface area contributed by atoms with Crippen molar-refractivity contribution in [2.75, 3.05) is 13.2 Å². The van der Waals surface area contributed by atoms with Gasteiger partial charge in [-0.2, -0.15) is 0 Å². The van der Waals surface area contributed by atoms with E-state index < -0.39 is 6.10 Å². The molecular weight excluding hydrogens is 266 g/mol. The zero-order chi connectivity index (χ0) is 13.8. The highest BCUT2D eigenvalue weighted by Crippen LogP contribution is 2.29. The van der Waals surface area contributed by atoms with Crippen LogP contribution in [0.4, 0.5) is 0 Å². The van der Waals surface area contributed by atoms with Gasteiger partial charge in [0.25, 0.3) is 5.91 Å². The lowest BCUT2D eigenvalue weighted by molar-refractivity contribution is -0.139. The third-order valence-electron chi connectivity index (χ3n) is 3.10. The predicted molar refractivity (Wildman–Crippen MR) is 73.4 cm³/mol. The number of para-hydroxylation sites is 1. The molecule has 1 saturated carbocycles. The second kappa shape index (κ2) is 6.26. The van der Waals surface area contributed by atoms with E-state index in [4.69, 9.17) is 21.4 Å². The van der Waals surface area contributed by atoms with Gasteiger partial charge in [0.15, 0.2) is 6.10 Å². The summed E-state index contributed by atoms with van der Waals surface area (Å²) < 4.78 is 5.61. The number of hydrogen-bond donors (Lipinski definition) is 1. The number of carbonyl (C=O) groups excluding carboxylic acids is 1. The molecule has 1 unspecified atom stereocenters. The maximum Gasteiger partial charge on any atom is 0.263 e. The van der Waals surface area contributed by atoms with Crippen molar-refractivity contribution in [3.63, 3.8) is 0 Å². The van der Waals surface area contributed by atoms with Gasteiger partial charge in [-0.25, -0.2) is 0 Å². The van der Waals surface area contributed by atoms with E-state index in [0.29, 0.717) is 17.3 Å². The third-order valence-corrected chi connectivity index (χ3v) is 3.41. The molecule has 1 aromatic carbocycles. The van der Waals surface area contributed by atoms with Crippen LogP contribution in [0, 0.1) is 0 Å². The number of ether oxygens (including phenoxy) is 1. The number of aliphatic hydroxyl groups excluding tert-OH is 1. The first-order valence-corrected chi connectivity index (χ1v) is 6.84. The van der Waals surface area contributed by atoms with Crippen LogP contribution >= 0.6 is 11.6 Å². The molecule has 0 saturated heterocycles. The minimum absolute atomic E-state index is 0.0267. The van der Waals surface area contributed by atoms with Crippen molar-refractivity contribution in [3.05, 3.63) is 29.3 Å². The second-order valence-corrected chi connectivity index (χ2v) is 5.08. The van der Waals surface area contributed by atoms with Crippen LogP contribution in [0.25, 0.3) is 0 Å². The van der Waals surface area contributed by atoms with Crippen LogP contribution in [0.2, 0.25) is 5.02 Å². The first-order valence-electron chi connectivity index (χ1n) is 6.46. The smallest absolute Gasteiger partial charge is 0.263 e. The highest BCUT2D eigenvalue weighted by molar-refractivity contribution is 6.32. The second-order valence-electron chi connectivity index (χ2n) is 4.68. The summed E-state index contributed by atoms with van der Waals surface area (Å²) in [5.74, 6) is 0.404. The van der Waals surface area contributed by atoms with Crippen molar-refractivity contribution in [2.24, 2.45) is 0 Å². The summed E-state index contributed by atoms with van der Waals surface area (Å²) in [5.41, 5.74) is 0. The molecular formula is C14H18ClNO3. The van der Waals surface area contributed by atoms with Crippen molar-refractivity contribution < 1.29 is 14.6 Å². The first kappa shape index (κ1) is 14.2. The SMILES string of the molecule is CC(Oc1ccccc1Cl)C(=O)N(CCO)C1CC1. The fraction of sp³-hybridized carbons (Fsp3) is 0.500. The quantitative estimate of drug-likeness (QED) is 0.870. The Labute approximate surface area is 117 Å². The van der Waals surface area contributed by atoms with Gasteiger partial charge in [-0.1, -0.05) is 23.7 Å². The van der Waals surface area contributed by atoms with Gasteiger partial charge in [0.05, 0.1) is 11.6 Å². The lowest BCUT2D eigenvalue weighted by Gasteiger charge is -2.25. The van der Waals surface area contributed by atoms with Crippen LogP contribution in [-0.4, -0.2) is 41.2 Å². The van der Waals surface area contributed by atoms with Gasteiger partial charge in [-0.15, -0.1) is 0 Å². The molecule has 19 heavy (non-hydrogen) atoms. The van der Waals surface area contributed by atoms with Gasteiger partial charge in [0, 0.05) is 12.6 Å². The van der Waals surface area contributed by atoms with Crippen LogP contribution in [0.15, 0.2) is 24.3 Å². The fourth-order valence-corrected chi connectivity index (χ4v) is 2.16. The zero-order valence-electron chi connectivity index (χ0n) is 10.9. The van der Waals surface area contributed by atoms with E-state index in [1.807, 2.05) is 12.1 Å². The van der Waals surface area contributed by atoms with E-state index in [1.165, 1.54) is 0 Å². The number of amides is 1. The highest BCUT2D eigenvalue weighted by atomic mass is 35.5. The molecule has 0 radical (unpaired) electrons. The Morgan fingerprint density at radius 3 is 2.79 bits per heavy atom. The molecule has 2 rings (SSSR count). The maximum absolute atomic E-state index is 12.3. The summed E-state index contributed by atoms with van der Waals surface area (Å²) in [6.07, 6.45) is 1.40. The van der Waals surface area contributed by atoms with Gasteiger partial charge in [0.1, 0.15) is 5.75 Å². The lowest BCUT2D eigenvalue weighted by atomic mass is 10.3. The van der Waals surface area contributed by atoms with E-state index in [1.54, 1.807) is 24.0 Å². The largest absolute Gasteiger partial charge is 0.479 e. The van der Waals surface area contributed by atoms with Crippen molar-refractivity contribution in [3.8, 4) is 5.75 Å². The van der Waals surface area contributed by atoms with Gasteiger partial charge in [-0.3, -0.25) is 4.79 Å². The van der Waals surface area contributed by atoms with Crippen LogP contribution in [-0.2, 0) is 4.79 Å².